The average Bonchev–Trinajstić information content (AvgIpc) is 2.60. The highest BCUT2D eigenvalue weighted by Crippen LogP contribution is 2.13. The van der Waals surface area contributed by atoms with Crippen LogP contribution in [0.2, 0.25) is 0 Å². The van der Waals surface area contributed by atoms with E-state index >= 15 is 0 Å². The third-order valence-electron chi connectivity index (χ3n) is 4.80. The van der Waals surface area contributed by atoms with E-state index < -0.39 is 0 Å². The van der Waals surface area contributed by atoms with Crippen molar-refractivity contribution in [3.8, 4) is 6.07 Å². The van der Waals surface area contributed by atoms with Crippen LogP contribution in [0.3, 0.4) is 0 Å². The summed E-state index contributed by atoms with van der Waals surface area (Å²) in [7, 11) is 0. The quantitative estimate of drug-likeness (QED) is 0.172. The van der Waals surface area contributed by atoms with Gasteiger partial charge in [-0.25, -0.2) is 0 Å². The second kappa shape index (κ2) is 22.2. The summed E-state index contributed by atoms with van der Waals surface area (Å²) in [6, 6.07) is 2.20. The molecule has 0 aromatic carbocycles. The van der Waals surface area contributed by atoms with Crippen LogP contribution >= 0.6 is 0 Å². The van der Waals surface area contributed by atoms with E-state index in [-0.39, 0.29) is 0 Å². The maximum atomic E-state index is 8.45. The van der Waals surface area contributed by atoms with Crippen molar-refractivity contribution >= 4 is 0 Å². The molecule has 0 spiro atoms. The van der Waals surface area contributed by atoms with E-state index in [1.165, 1.54) is 103 Å². The molecule has 0 unspecified atom stereocenters. The first-order chi connectivity index (χ1) is 11.9. The lowest BCUT2D eigenvalue weighted by Crippen LogP contribution is -1.83. The second-order valence-corrected chi connectivity index (χ2v) is 7.26. The zero-order valence-electron chi connectivity index (χ0n) is 16.5. The fraction of sp³-hybridized carbons (Fsp3) is 0.870. The topological polar surface area (TPSA) is 23.8 Å². The Morgan fingerprint density at radius 3 is 1.33 bits per heavy atom. The summed E-state index contributed by atoms with van der Waals surface area (Å²) in [6.45, 7) is 2.29. The van der Waals surface area contributed by atoms with Crippen molar-refractivity contribution in [2.75, 3.05) is 0 Å². The molecule has 0 saturated heterocycles. The summed E-state index contributed by atoms with van der Waals surface area (Å²) in [5.74, 6) is 0. The van der Waals surface area contributed by atoms with E-state index in [0.717, 1.165) is 12.8 Å². The molecular formula is C23H43N. The van der Waals surface area contributed by atoms with Crippen LogP contribution in [-0.4, -0.2) is 0 Å². The van der Waals surface area contributed by atoms with E-state index in [4.69, 9.17) is 5.26 Å². The van der Waals surface area contributed by atoms with Gasteiger partial charge in [0.05, 0.1) is 6.07 Å². The normalized spacial score (nSPS) is 11.2. The van der Waals surface area contributed by atoms with Crippen LogP contribution in [-0.2, 0) is 0 Å². The first kappa shape index (κ1) is 23.2. The summed E-state index contributed by atoms with van der Waals surface area (Å²) in [5.41, 5.74) is 0. The number of hydrogen-bond acceptors (Lipinski definition) is 1. The van der Waals surface area contributed by atoms with Gasteiger partial charge in [0.25, 0.3) is 0 Å². The summed E-state index contributed by atoms with van der Waals surface area (Å²) < 4.78 is 0. The zero-order chi connectivity index (χ0) is 17.6. The highest BCUT2D eigenvalue weighted by molar-refractivity contribution is 4.81. The predicted molar refractivity (Wildman–Crippen MR) is 108 cm³/mol. The Balaban J connectivity index is 3.02. The predicted octanol–water partition coefficient (Wildman–Crippen LogP) is 8.50. The van der Waals surface area contributed by atoms with Crippen LogP contribution in [0.4, 0.5) is 0 Å². The monoisotopic (exact) mass is 333 g/mol. The lowest BCUT2D eigenvalue weighted by atomic mass is 10.0. The third kappa shape index (κ3) is 21.2. The van der Waals surface area contributed by atoms with Crippen molar-refractivity contribution in [1.82, 2.24) is 0 Å². The van der Waals surface area contributed by atoms with Crippen LogP contribution in [0, 0.1) is 11.3 Å². The molecule has 0 atom stereocenters. The summed E-state index contributed by atoms with van der Waals surface area (Å²) >= 11 is 0. The lowest BCUT2D eigenvalue weighted by Gasteiger charge is -2.02. The van der Waals surface area contributed by atoms with Crippen molar-refractivity contribution in [3.63, 3.8) is 0 Å². The molecule has 0 bridgehead atoms. The van der Waals surface area contributed by atoms with Gasteiger partial charge >= 0.3 is 0 Å². The van der Waals surface area contributed by atoms with Gasteiger partial charge in [-0.2, -0.15) is 5.26 Å². The minimum absolute atomic E-state index is 0.715. The van der Waals surface area contributed by atoms with Gasteiger partial charge in [-0.1, -0.05) is 103 Å². The van der Waals surface area contributed by atoms with Crippen molar-refractivity contribution in [2.45, 2.75) is 129 Å². The summed E-state index contributed by atoms with van der Waals surface area (Å²) in [4.78, 5) is 0. The minimum atomic E-state index is 0.715. The first-order valence-electron chi connectivity index (χ1n) is 10.9. The molecule has 1 heteroatoms. The van der Waals surface area contributed by atoms with E-state index in [2.05, 4.69) is 25.1 Å². The Labute approximate surface area is 152 Å². The number of nitriles is 1. The Morgan fingerprint density at radius 2 is 0.917 bits per heavy atom. The van der Waals surface area contributed by atoms with E-state index in [9.17, 15) is 0 Å². The van der Waals surface area contributed by atoms with E-state index in [0.29, 0.717) is 6.42 Å². The number of nitrogens with zero attached hydrogens (tertiary/aromatic N) is 1. The van der Waals surface area contributed by atoms with E-state index in [1.807, 2.05) is 0 Å². The molecule has 0 heterocycles. The third-order valence-corrected chi connectivity index (χ3v) is 4.80. The molecule has 0 aromatic rings. The maximum absolute atomic E-state index is 8.45. The van der Waals surface area contributed by atoms with E-state index in [1.54, 1.807) is 0 Å². The average molecular weight is 334 g/mol. The molecule has 0 aliphatic heterocycles. The maximum Gasteiger partial charge on any atom is 0.0621 e. The van der Waals surface area contributed by atoms with Gasteiger partial charge in [-0.05, 0) is 32.1 Å². The van der Waals surface area contributed by atoms with Gasteiger partial charge in [0.1, 0.15) is 0 Å². The molecule has 0 aromatic heterocycles. The molecule has 0 fully saturated rings. The smallest absolute Gasteiger partial charge is 0.0621 e. The minimum Gasteiger partial charge on any atom is -0.198 e. The molecule has 0 rings (SSSR count). The molecular weight excluding hydrogens is 290 g/mol. The zero-order valence-corrected chi connectivity index (χ0v) is 16.5. The van der Waals surface area contributed by atoms with Crippen LogP contribution in [0.1, 0.15) is 129 Å². The number of rotatable bonds is 19. The molecule has 0 N–H and O–H groups in total. The summed E-state index contributed by atoms with van der Waals surface area (Å²) in [5, 5.41) is 8.45. The van der Waals surface area contributed by atoms with Gasteiger partial charge in [0.15, 0.2) is 0 Å². The molecule has 0 saturated carbocycles. The summed E-state index contributed by atoms with van der Waals surface area (Å²) in [6.07, 6.45) is 30.1. The largest absolute Gasteiger partial charge is 0.198 e. The van der Waals surface area contributed by atoms with Crippen LogP contribution < -0.4 is 0 Å². The van der Waals surface area contributed by atoms with Gasteiger partial charge in [-0.3, -0.25) is 0 Å². The lowest BCUT2D eigenvalue weighted by molar-refractivity contribution is 0.536. The first-order valence-corrected chi connectivity index (χ1v) is 10.9. The molecule has 24 heavy (non-hydrogen) atoms. The van der Waals surface area contributed by atoms with Crippen molar-refractivity contribution < 1.29 is 0 Å². The fourth-order valence-electron chi connectivity index (χ4n) is 3.16. The highest BCUT2D eigenvalue weighted by Gasteiger charge is 1.93. The van der Waals surface area contributed by atoms with Gasteiger partial charge in [0, 0.05) is 6.42 Å². The van der Waals surface area contributed by atoms with Crippen LogP contribution in [0.15, 0.2) is 12.2 Å². The van der Waals surface area contributed by atoms with Gasteiger partial charge in [0.2, 0.25) is 0 Å². The Hall–Kier alpha value is -0.770. The van der Waals surface area contributed by atoms with Crippen molar-refractivity contribution in [3.05, 3.63) is 12.2 Å². The Bertz CT molecular complexity index is 287. The van der Waals surface area contributed by atoms with Crippen molar-refractivity contribution in [2.24, 2.45) is 0 Å². The Kier molecular flexibility index (Phi) is 21.5. The highest BCUT2D eigenvalue weighted by atomic mass is 14.2. The van der Waals surface area contributed by atoms with Gasteiger partial charge < -0.3 is 0 Å². The van der Waals surface area contributed by atoms with Crippen molar-refractivity contribution in [1.29, 1.82) is 5.26 Å². The number of hydrogen-bond donors (Lipinski definition) is 0. The fourth-order valence-corrected chi connectivity index (χ4v) is 3.16. The molecule has 0 radical (unpaired) electrons. The van der Waals surface area contributed by atoms with Crippen LogP contribution in [0.25, 0.3) is 0 Å². The SMILES string of the molecule is CCCCCCCCCCCCCCCC/C=C/CCCCC#N. The molecule has 0 aliphatic rings. The molecule has 0 aliphatic carbocycles. The van der Waals surface area contributed by atoms with Crippen LogP contribution in [0.5, 0.6) is 0 Å². The number of allylic oxidation sites excluding steroid dienone is 2. The second-order valence-electron chi connectivity index (χ2n) is 7.26. The molecule has 140 valence electrons. The Morgan fingerprint density at radius 1 is 0.542 bits per heavy atom. The number of unbranched alkanes of at least 4 members (excludes halogenated alkanes) is 17. The molecule has 1 nitrogen and oxygen atoms in total. The van der Waals surface area contributed by atoms with Gasteiger partial charge in [-0.15, -0.1) is 0 Å². The standard InChI is InChI=1S/C23H43N/c1-2-3-4-5-6-7-8-9-10-11-12-13-14-15-16-17-18-19-20-21-22-23-24/h17-18H,2-16,19-22H2,1H3/b18-17+. The molecule has 0 amide bonds.